The molecule has 0 radical (unpaired) electrons. The van der Waals surface area contributed by atoms with Gasteiger partial charge in [0.15, 0.2) is 0 Å². The van der Waals surface area contributed by atoms with Gasteiger partial charge >= 0.3 is 0 Å². The van der Waals surface area contributed by atoms with Crippen molar-refractivity contribution in [3.63, 3.8) is 0 Å². The molecular weight excluding hydrogens is 272 g/mol. The van der Waals surface area contributed by atoms with Crippen LogP contribution in [0.2, 0.25) is 4.34 Å². The molecule has 0 atom stereocenters. The van der Waals surface area contributed by atoms with E-state index in [1.807, 2.05) is 12.1 Å². The van der Waals surface area contributed by atoms with Crippen molar-refractivity contribution < 1.29 is 4.79 Å². The predicted octanol–water partition coefficient (Wildman–Crippen LogP) is 1.69. The van der Waals surface area contributed by atoms with Gasteiger partial charge in [-0.2, -0.15) is 5.10 Å². The number of hydrogen-bond acceptors (Lipinski definition) is 4. The molecule has 0 spiro atoms. The number of halogens is 1. The van der Waals surface area contributed by atoms with Crippen LogP contribution in [0.4, 0.5) is 5.69 Å². The third kappa shape index (κ3) is 2.83. The number of nitrogens with one attached hydrogen (secondary N) is 1. The summed E-state index contributed by atoms with van der Waals surface area (Å²) in [6, 6.07) is 3.81. The van der Waals surface area contributed by atoms with Crippen molar-refractivity contribution in [3.8, 4) is 0 Å². The average Bonchev–Trinajstić information content (AvgIpc) is 2.86. The van der Waals surface area contributed by atoms with Crippen LogP contribution < -0.4 is 11.1 Å². The summed E-state index contributed by atoms with van der Waals surface area (Å²) >= 11 is 7.34. The Hall–Kier alpha value is -1.53. The highest BCUT2D eigenvalue weighted by atomic mass is 35.5. The highest BCUT2D eigenvalue weighted by Crippen LogP contribution is 2.21. The number of rotatable bonds is 4. The van der Waals surface area contributed by atoms with Crippen molar-refractivity contribution in [3.05, 3.63) is 33.2 Å². The summed E-state index contributed by atoms with van der Waals surface area (Å²) in [5.74, 6) is -0.213. The summed E-state index contributed by atoms with van der Waals surface area (Å²) in [5, 5.41) is 6.73. The SMILES string of the molecule is Cn1ncc(N)c1C(=O)NCCc1ccc(Cl)s1. The number of nitrogen functional groups attached to an aromatic ring is 1. The second-order valence-electron chi connectivity index (χ2n) is 3.78. The lowest BCUT2D eigenvalue weighted by atomic mass is 10.3. The van der Waals surface area contributed by atoms with E-state index in [1.54, 1.807) is 7.05 Å². The summed E-state index contributed by atoms with van der Waals surface area (Å²) in [5.41, 5.74) is 6.44. The number of nitrogens with zero attached hydrogens (tertiary/aromatic N) is 2. The molecule has 2 heterocycles. The van der Waals surface area contributed by atoms with Crippen molar-refractivity contribution in [2.75, 3.05) is 12.3 Å². The molecule has 18 heavy (non-hydrogen) atoms. The normalized spacial score (nSPS) is 10.6. The first kappa shape index (κ1) is 12.9. The first-order valence-corrected chi connectivity index (χ1v) is 6.57. The summed E-state index contributed by atoms with van der Waals surface area (Å²) in [7, 11) is 1.68. The highest BCUT2D eigenvalue weighted by Gasteiger charge is 2.14. The average molecular weight is 285 g/mol. The van der Waals surface area contributed by atoms with Gasteiger partial charge in [0.2, 0.25) is 0 Å². The number of aryl methyl sites for hydroxylation is 1. The summed E-state index contributed by atoms with van der Waals surface area (Å²) in [6.07, 6.45) is 2.22. The minimum absolute atomic E-state index is 0.213. The number of carbonyl (C=O) groups excluding carboxylic acids is 1. The van der Waals surface area contributed by atoms with Gasteiger partial charge < -0.3 is 11.1 Å². The summed E-state index contributed by atoms with van der Waals surface area (Å²) in [6.45, 7) is 0.542. The standard InChI is InChI=1S/C11H13ClN4OS/c1-16-10(8(13)6-15-16)11(17)14-5-4-7-2-3-9(12)18-7/h2-3,6H,4-5,13H2,1H3,(H,14,17). The molecule has 7 heteroatoms. The van der Waals surface area contributed by atoms with Gasteiger partial charge in [0.1, 0.15) is 5.69 Å². The lowest BCUT2D eigenvalue weighted by Crippen LogP contribution is -2.28. The number of nitrogens with two attached hydrogens (primary N) is 1. The van der Waals surface area contributed by atoms with E-state index in [9.17, 15) is 4.79 Å². The molecule has 0 bridgehead atoms. The van der Waals surface area contributed by atoms with Crippen LogP contribution in [0.3, 0.4) is 0 Å². The number of anilines is 1. The Bertz CT molecular complexity index is 544. The van der Waals surface area contributed by atoms with E-state index in [-0.39, 0.29) is 5.91 Å². The van der Waals surface area contributed by atoms with Crippen molar-refractivity contribution in [1.82, 2.24) is 15.1 Å². The van der Waals surface area contributed by atoms with E-state index in [0.29, 0.717) is 17.9 Å². The third-order valence-corrected chi connectivity index (χ3v) is 3.76. The Morgan fingerprint density at radius 2 is 2.39 bits per heavy atom. The largest absolute Gasteiger partial charge is 0.396 e. The fourth-order valence-electron chi connectivity index (χ4n) is 1.60. The van der Waals surface area contributed by atoms with E-state index < -0.39 is 0 Å². The molecular formula is C11H13ClN4OS. The van der Waals surface area contributed by atoms with Crippen LogP contribution in [0.1, 0.15) is 15.4 Å². The van der Waals surface area contributed by atoms with Gasteiger partial charge in [-0.15, -0.1) is 11.3 Å². The zero-order chi connectivity index (χ0) is 13.1. The molecule has 0 aliphatic heterocycles. The third-order valence-electron chi connectivity index (χ3n) is 2.47. The Kier molecular flexibility index (Phi) is 3.88. The Balaban J connectivity index is 1.89. The van der Waals surface area contributed by atoms with Gasteiger partial charge in [0.25, 0.3) is 5.91 Å². The number of amides is 1. The van der Waals surface area contributed by atoms with Crippen LogP contribution in [0.15, 0.2) is 18.3 Å². The summed E-state index contributed by atoms with van der Waals surface area (Å²) in [4.78, 5) is 13.0. The molecule has 0 fully saturated rings. The predicted molar refractivity (Wildman–Crippen MR) is 73.0 cm³/mol. The minimum Gasteiger partial charge on any atom is -0.396 e. The van der Waals surface area contributed by atoms with Crippen LogP contribution in [-0.4, -0.2) is 22.2 Å². The molecule has 96 valence electrons. The molecule has 0 saturated heterocycles. The fraction of sp³-hybridized carbons (Fsp3) is 0.273. The lowest BCUT2D eigenvalue weighted by molar-refractivity contribution is 0.0946. The molecule has 2 aromatic heterocycles. The maximum absolute atomic E-state index is 11.9. The second-order valence-corrected chi connectivity index (χ2v) is 5.58. The number of carbonyl (C=O) groups is 1. The smallest absolute Gasteiger partial charge is 0.271 e. The first-order chi connectivity index (χ1) is 8.58. The Morgan fingerprint density at radius 3 is 2.94 bits per heavy atom. The summed E-state index contributed by atoms with van der Waals surface area (Å²) < 4.78 is 2.22. The van der Waals surface area contributed by atoms with Crippen LogP contribution in [0, 0.1) is 0 Å². The second kappa shape index (κ2) is 5.41. The lowest BCUT2D eigenvalue weighted by Gasteiger charge is -2.05. The van der Waals surface area contributed by atoms with Crippen LogP contribution in [0.5, 0.6) is 0 Å². The quantitative estimate of drug-likeness (QED) is 0.897. The van der Waals surface area contributed by atoms with Gasteiger partial charge in [-0.05, 0) is 18.6 Å². The van der Waals surface area contributed by atoms with Gasteiger partial charge in [-0.25, -0.2) is 0 Å². The molecule has 1 amide bonds. The van der Waals surface area contributed by atoms with Crippen molar-refractivity contribution in [2.24, 2.45) is 7.05 Å². The van der Waals surface area contributed by atoms with Crippen LogP contribution in [-0.2, 0) is 13.5 Å². The van der Waals surface area contributed by atoms with Crippen molar-refractivity contribution in [1.29, 1.82) is 0 Å². The Labute approximate surface area is 114 Å². The topological polar surface area (TPSA) is 72.9 Å². The maximum Gasteiger partial charge on any atom is 0.271 e. The molecule has 0 saturated carbocycles. The number of thiophene rings is 1. The maximum atomic E-state index is 11.9. The number of aromatic nitrogens is 2. The fourth-order valence-corrected chi connectivity index (χ4v) is 2.69. The Morgan fingerprint density at radius 1 is 1.61 bits per heavy atom. The van der Waals surface area contributed by atoms with Gasteiger partial charge in [0, 0.05) is 18.5 Å². The van der Waals surface area contributed by atoms with E-state index >= 15 is 0 Å². The minimum atomic E-state index is -0.213. The van der Waals surface area contributed by atoms with E-state index in [4.69, 9.17) is 17.3 Å². The molecule has 0 unspecified atom stereocenters. The highest BCUT2D eigenvalue weighted by molar-refractivity contribution is 7.16. The van der Waals surface area contributed by atoms with Crippen LogP contribution in [0.25, 0.3) is 0 Å². The van der Waals surface area contributed by atoms with Crippen molar-refractivity contribution >= 4 is 34.5 Å². The van der Waals surface area contributed by atoms with E-state index in [1.165, 1.54) is 22.2 Å². The molecule has 0 aromatic carbocycles. The molecule has 0 aliphatic carbocycles. The zero-order valence-electron chi connectivity index (χ0n) is 9.81. The molecule has 3 N–H and O–H groups in total. The van der Waals surface area contributed by atoms with Crippen LogP contribution >= 0.6 is 22.9 Å². The van der Waals surface area contributed by atoms with Gasteiger partial charge in [-0.3, -0.25) is 9.48 Å². The molecule has 2 rings (SSSR count). The molecule has 0 aliphatic rings. The van der Waals surface area contributed by atoms with Gasteiger partial charge in [0.05, 0.1) is 16.2 Å². The van der Waals surface area contributed by atoms with Gasteiger partial charge in [-0.1, -0.05) is 11.6 Å². The monoisotopic (exact) mass is 284 g/mol. The number of hydrogen-bond donors (Lipinski definition) is 2. The molecule has 2 aromatic rings. The zero-order valence-corrected chi connectivity index (χ0v) is 11.4. The van der Waals surface area contributed by atoms with E-state index in [0.717, 1.165) is 15.6 Å². The molecule has 5 nitrogen and oxygen atoms in total. The first-order valence-electron chi connectivity index (χ1n) is 5.38. The van der Waals surface area contributed by atoms with E-state index in [2.05, 4.69) is 10.4 Å². The van der Waals surface area contributed by atoms with Crippen molar-refractivity contribution in [2.45, 2.75) is 6.42 Å².